The Bertz CT molecular complexity index is 693. The molecule has 1 fully saturated rings. The molecular formula is C16H17BrN4O2. The smallest absolute Gasteiger partial charge is 0.242 e. The van der Waals surface area contributed by atoms with Gasteiger partial charge in [0.05, 0.1) is 11.6 Å². The average molecular weight is 377 g/mol. The standard InChI is InChI=1S/C16H17BrN4O2/c1-23-14-4-2-3-12(7-14)10-20-5-6-21(11-15(20)22)16-18-8-13(17)9-19-16/h2-4,7-9H,5-6,10-11H2,1H3. The minimum absolute atomic E-state index is 0.0746. The Morgan fingerprint density at radius 1 is 1.26 bits per heavy atom. The van der Waals surface area contributed by atoms with Gasteiger partial charge >= 0.3 is 0 Å². The molecule has 2 heterocycles. The maximum Gasteiger partial charge on any atom is 0.242 e. The van der Waals surface area contributed by atoms with Gasteiger partial charge in [-0.3, -0.25) is 4.79 Å². The molecule has 1 amide bonds. The van der Waals surface area contributed by atoms with E-state index in [-0.39, 0.29) is 5.91 Å². The third kappa shape index (κ3) is 3.79. The maximum atomic E-state index is 12.4. The minimum Gasteiger partial charge on any atom is -0.497 e. The van der Waals surface area contributed by atoms with Gasteiger partial charge in [-0.25, -0.2) is 9.97 Å². The van der Waals surface area contributed by atoms with E-state index in [0.717, 1.165) is 22.3 Å². The normalized spacial score (nSPS) is 15.0. The van der Waals surface area contributed by atoms with Crippen LogP contribution in [-0.4, -0.2) is 47.5 Å². The summed E-state index contributed by atoms with van der Waals surface area (Å²) in [4.78, 5) is 24.6. The van der Waals surface area contributed by atoms with Crippen molar-refractivity contribution >= 4 is 27.8 Å². The van der Waals surface area contributed by atoms with Crippen molar-refractivity contribution in [3.8, 4) is 5.75 Å². The van der Waals surface area contributed by atoms with Crippen molar-refractivity contribution in [1.82, 2.24) is 14.9 Å². The maximum absolute atomic E-state index is 12.4. The lowest BCUT2D eigenvalue weighted by Crippen LogP contribution is -2.50. The highest BCUT2D eigenvalue weighted by Crippen LogP contribution is 2.18. The van der Waals surface area contributed by atoms with Gasteiger partial charge in [0.2, 0.25) is 11.9 Å². The highest BCUT2D eigenvalue weighted by atomic mass is 79.9. The number of methoxy groups -OCH3 is 1. The molecule has 3 rings (SSSR count). The molecule has 1 aromatic heterocycles. The van der Waals surface area contributed by atoms with E-state index in [1.165, 1.54) is 0 Å². The van der Waals surface area contributed by atoms with E-state index in [4.69, 9.17) is 4.74 Å². The fraction of sp³-hybridized carbons (Fsp3) is 0.312. The summed E-state index contributed by atoms with van der Waals surface area (Å²) < 4.78 is 6.05. The first-order valence-electron chi connectivity index (χ1n) is 7.29. The summed E-state index contributed by atoms with van der Waals surface area (Å²) in [5.41, 5.74) is 1.06. The number of piperazine rings is 1. The predicted octanol–water partition coefficient (Wildman–Crippen LogP) is 2.10. The van der Waals surface area contributed by atoms with Gasteiger partial charge in [0.15, 0.2) is 0 Å². The molecule has 6 nitrogen and oxygen atoms in total. The topological polar surface area (TPSA) is 58.6 Å². The molecule has 0 spiro atoms. The average Bonchev–Trinajstić information content (AvgIpc) is 2.57. The van der Waals surface area contributed by atoms with Crippen molar-refractivity contribution in [1.29, 1.82) is 0 Å². The molecule has 0 N–H and O–H groups in total. The molecule has 2 aromatic rings. The van der Waals surface area contributed by atoms with Crippen LogP contribution in [0.5, 0.6) is 5.75 Å². The Labute approximate surface area is 143 Å². The van der Waals surface area contributed by atoms with Crippen LogP contribution >= 0.6 is 15.9 Å². The van der Waals surface area contributed by atoms with Crippen molar-refractivity contribution in [2.75, 3.05) is 31.6 Å². The number of nitrogens with zero attached hydrogens (tertiary/aromatic N) is 4. The third-order valence-electron chi connectivity index (χ3n) is 3.72. The van der Waals surface area contributed by atoms with Gasteiger partial charge in [-0.05, 0) is 33.6 Å². The van der Waals surface area contributed by atoms with Crippen molar-refractivity contribution in [2.45, 2.75) is 6.54 Å². The first-order chi connectivity index (χ1) is 11.2. The van der Waals surface area contributed by atoms with Gasteiger partial charge in [-0.1, -0.05) is 12.1 Å². The molecular weight excluding hydrogens is 360 g/mol. The molecule has 0 radical (unpaired) electrons. The Morgan fingerprint density at radius 3 is 2.74 bits per heavy atom. The van der Waals surface area contributed by atoms with Crippen LogP contribution in [0.25, 0.3) is 0 Å². The lowest BCUT2D eigenvalue weighted by atomic mass is 10.2. The number of benzene rings is 1. The van der Waals surface area contributed by atoms with Crippen LogP contribution in [-0.2, 0) is 11.3 Å². The second-order valence-electron chi connectivity index (χ2n) is 5.29. The number of hydrogen-bond donors (Lipinski definition) is 0. The number of hydrogen-bond acceptors (Lipinski definition) is 5. The number of halogens is 1. The number of aromatic nitrogens is 2. The van der Waals surface area contributed by atoms with Crippen LogP contribution in [0, 0.1) is 0 Å². The fourth-order valence-electron chi connectivity index (χ4n) is 2.51. The zero-order valence-corrected chi connectivity index (χ0v) is 14.4. The molecule has 0 unspecified atom stereocenters. The number of amides is 1. The van der Waals surface area contributed by atoms with Gasteiger partial charge in [0.25, 0.3) is 0 Å². The summed E-state index contributed by atoms with van der Waals surface area (Å²) >= 11 is 3.31. The van der Waals surface area contributed by atoms with Gasteiger partial charge in [0, 0.05) is 32.0 Å². The molecule has 23 heavy (non-hydrogen) atoms. The molecule has 1 aliphatic rings. The van der Waals surface area contributed by atoms with Crippen molar-refractivity contribution in [3.63, 3.8) is 0 Å². The van der Waals surface area contributed by atoms with Crippen molar-refractivity contribution in [2.24, 2.45) is 0 Å². The largest absolute Gasteiger partial charge is 0.497 e. The predicted molar refractivity (Wildman–Crippen MR) is 90.4 cm³/mol. The van der Waals surface area contributed by atoms with E-state index in [9.17, 15) is 4.79 Å². The summed E-state index contributed by atoms with van der Waals surface area (Å²) in [6.07, 6.45) is 3.38. The van der Waals surface area contributed by atoms with Crippen LogP contribution < -0.4 is 9.64 Å². The second kappa shape index (κ2) is 6.95. The Balaban J connectivity index is 1.64. The Morgan fingerprint density at radius 2 is 2.04 bits per heavy atom. The quantitative estimate of drug-likeness (QED) is 0.817. The SMILES string of the molecule is COc1cccc(CN2CCN(c3ncc(Br)cn3)CC2=O)c1. The van der Waals surface area contributed by atoms with Crippen LogP contribution in [0.1, 0.15) is 5.56 Å². The lowest BCUT2D eigenvalue weighted by Gasteiger charge is -2.34. The number of ether oxygens (including phenoxy) is 1. The Kier molecular flexibility index (Phi) is 4.76. The van der Waals surface area contributed by atoms with Crippen LogP contribution in [0.3, 0.4) is 0 Å². The van der Waals surface area contributed by atoms with Gasteiger partial charge in [0.1, 0.15) is 12.3 Å². The summed E-state index contributed by atoms with van der Waals surface area (Å²) in [5, 5.41) is 0. The molecule has 1 aliphatic heterocycles. The molecule has 120 valence electrons. The molecule has 1 saturated heterocycles. The number of anilines is 1. The van der Waals surface area contributed by atoms with Gasteiger partial charge in [-0.2, -0.15) is 0 Å². The van der Waals surface area contributed by atoms with Gasteiger partial charge in [-0.15, -0.1) is 0 Å². The first kappa shape index (κ1) is 15.7. The van der Waals surface area contributed by atoms with Crippen LogP contribution in [0.15, 0.2) is 41.1 Å². The minimum atomic E-state index is 0.0746. The molecule has 1 aromatic carbocycles. The zero-order chi connectivity index (χ0) is 16.2. The number of carbonyl (C=O) groups excluding carboxylic acids is 1. The van der Waals surface area contributed by atoms with E-state index in [0.29, 0.717) is 25.6 Å². The summed E-state index contributed by atoms with van der Waals surface area (Å²) in [7, 11) is 1.64. The molecule has 0 atom stereocenters. The number of rotatable bonds is 4. The summed E-state index contributed by atoms with van der Waals surface area (Å²) in [6, 6.07) is 7.79. The van der Waals surface area contributed by atoms with E-state index >= 15 is 0 Å². The lowest BCUT2D eigenvalue weighted by molar-refractivity contribution is -0.131. The van der Waals surface area contributed by atoms with E-state index < -0.39 is 0 Å². The zero-order valence-electron chi connectivity index (χ0n) is 12.8. The van der Waals surface area contributed by atoms with E-state index in [1.807, 2.05) is 34.1 Å². The third-order valence-corrected chi connectivity index (χ3v) is 4.13. The van der Waals surface area contributed by atoms with Crippen LogP contribution in [0.4, 0.5) is 5.95 Å². The number of carbonyl (C=O) groups is 1. The molecule has 0 aliphatic carbocycles. The molecule has 0 bridgehead atoms. The molecule has 0 saturated carbocycles. The van der Waals surface area contributed by atoms with Crippen LogP contribution in [0.2, 0.25) is 0 Å². The second-order valence-corrected chi connectivity index (χ2v) is 6.21. The van der Waals surface area contributed by atoms with E-state index in [2.05, 4.69) is 25.9 Å². The molecule has 7 heteroatoms. The highest BCUT2D eigenvalue weighted by Gasteiger charge is 2.25. The van der Waals surface area contributed by atoms with Crippen molar-refractivity contribution in [3.05, 3.63) is 46.7 Å². The van der Waals surface area contributed by atoms with Gasteiger partial charge < -0.3 is 14.5 Å². The van der Waals surface area contributed by atoms with E-state index in [1.54, 1.807) is 19.5 Å². The Hall–Kier alpha value is -2.15. The summed E-state index contributed by atoms with van der Waals surface area (Å²) in [6.45, 7) is 2.25. The first-order valence-corrected chi connectivity index (χ1v) is 8.08. The monoisotopic (exact) mass is 376 g/mol. The highest BCUT2D eigenvalue weighted by molar-refractivity contribution is 9.10. The van der Waals surface area contributed by atoms with Crippen molar-refractivity contribution < 1.29 is 9.53 Å². The fourth-order valence-corrected chi connectivity index (χ4v) is 2.71. The summed E-state index contributed by atoms with van der Waals surface area (Å²) in [5.74, 6) is 1.46.